The normalized spacial score (nSPS) is 12.7. The summed E-state index contributed by atoms with van der Waals surface area (Å²) in [7, 11) is 1.87. The van der Waals surface area contributed by atoms with E-state index in [0.29, 0.717) is 11.8 Å². The molecule has 1 aromatic carbocycles. The molecule has 1 aromatic heterocycles. The van der Waals surface area contributed by atoms with Gasteiger partial charge in [0.05, 0.1) is 6.04 Å². The average molecular weight is 231 g/mol. The van der Waals surface area contributed by atoms with Gasteiger partial charge in [-0.25, -0.2) is 0 Å². The second-order valence-corrected chi connectivity index (χ2v) is 4.22. The molecule has 0 spiro atoms. The van der Waals surface area contributed by atoms with E-state index < -0.39 is 0 Å². The minimum absolute atomic E-state index is 0.0700. The van der Waals surface area contributed by atoms with Crippen molar-refractivity contribution in [3.05, 3.63) is 35.2 Å². The third-order valence-electron chi connectivity index (χ3n) is 2.94. The van der Waals surface area contributed by atoms with E-state index in [9.17, 15) is 0 Å². The Kier molecular flexibility index (Phi) is 3.24. The van der Waals surface area contributed by atoms with Crippen molar-refractivity contribution in [2.75, 3.05) is 7.05 Å². The van der Waals surface area contributed by atoms with E-state index in [1.807, 2.05) is 46.0 Å². The molecule has 0 bridgehead atoms. The fourth-order valence-corrected chi connectivity index (χ4v) is 1.79. The summed E-state index contributed by atoms with van der Waals surface area (Å²) in [5.41, 5.74) is 3.34. The molecule has 4 heteroatoms. The van der Waals surface area contributed by atoms with E-state index in [1.165, 1.54) is 0 Å². The number of aryl methyl sites for hydroxylation is 2. The largest absolute Gasteiger partial charge is 0.419 e. The van der Waals surface area contributed by atoms with Gasteiger partial charge < -0.3 is 9.73 Å². The van der Waals surface area contributed by atoms with Gasteiger partial charge in [-0.3, -0.25) is 0 Å². The summed E-state index contributed by atoms with van der Waals surface area (Å²) in [6, 6.07) is 6.20. The zero-order valence-electron chi connectivity index (χ0n) is 10.6. The lowest BCUT2D eigenvalue weighted by molar-refractivity contribution is 0.441. The maximum absolute atomic E-state index is 5.70. The number of aromatic nitrogens is 2. The van der Waals surface area contributed by atoms with Gasteiger partial charge in [-0.1, -0.05) is 18.2 Å². The lowest BCUT2D eigenvalue weighted by Crippen LogP contribution is -2.12. The molecule has 0 fully saturated rings. The molecule has 1 N–H and O–H groups in total. The standard InChI is InChI=1S/C13H17N3O/c1-8-6-5-7-9(2)11(8)13-16-15-12(17-13)10(3)14-4/h5-7,10,14H,1-4H3. The van der Waals surface area contributed by atoms with Crippen LogP contribution in [-0.4, -0.2) is 17.2 Å². The van der Waals surface area contributed by atoms with Crippen LogP contribution in [0.2, 0.25) is 0 Å². The maximum atomic E-state index is 5.70. The highest BCUT2D eigenvalue weighted by Gasteiger charge is 2.15. The molecule has 90 valence electrons. The van der Waals surface area contributed by atoms with Gasteiger partial charge in [0, 0.05) is 5.56 Å². The van der Waals surface area contributed by atoms with Gasteiger partial charge in [0.25, 0.3) is 0 Å². The molecule has 0 amide bonds. The Morgan fingerprint density at radius 1 is 1.18 bits per heavy atom. The van der Waals surface area contributed by atoms with Gasteiger partial charge in [-0.2, -0.15) is 0 Å². The topological polar surface area (TPSA) is 51.0 Å². The summed E-state index contributed by atoms with van der Waals surface area (Å²) in [4.78, 5) is 0. The van der Waals surface area contributed by atoms with Crippen LogP contribution < -0.4 is 5.32 Å². The Morgan fingerprint density at radius 2 is 1.82 bits per heavy atom. The minimum Gasteiger partial charge on any atom is -0.419 e. The molecule has 2 aromatic rings. The summed E-state index contributed by atoms with van der Waals surface area (Å²) < 4.78 is 5.70. The molecule has 0 aliphatic rings. The Balaban J connectivity index is 2.44. The first-order chi connectivity index (χ1) is 8.13. The zero-order valence-corrected chi connectivity index (χ0v) is 10.6. The van der Waals surface area contributed by atoms with Crippen molar-refractivity contribution in [2.24, 2.45) is 0 Å². The smallest absolute Gasteiger partial charge is 0.248 e. The van der Waals surface area contributed by atoms with Gasteiger partial charge >= 0.3 is 0 Å². The lowest BCUT2D eigenvalue weighted by atomic mass is 10.0. The predicted molar refractivity (Wildman–Crippen MR) is 66.7 cm³/mol. The molecule has 1 heterocycles. The quantitative estimate of drug-likeness (QED) is 0.882. The molecule has 1 atom stereocenters. The lowest BCUT2D eigenvalue weighted by Gasteiger charge is -2.05. The average Bonchev–Trinajstić information content (AvgIpc) is 2.77. The number of nitrogens with one attached hydrogen (secondary N) is 1. The van der Waals surface area contributed by atoms with Crippen molar-refractivity contribution < 1.29 is 4.42 Å². The number of nitrogens with zero attached hydrogens (tertiary/aromatic N) is 2. The summed E-state index contributed by atoms with van der Waals surface area (Å²) in [6.07, 6.45) is 0. The summed E-state index contributed by atoms with van der Waals surface area (Å²) >= 11 is 0. The van der Waals surface area contributed by atoms with Crippen LogP contribution in [0.25, 0.3) is 11.5 Å². The number of hydrogen-bond acceptors (Lipinski definition) is 4. The predicted octanol–water partition coefficient (Wildman–Crippen LogP) is 2.63. The molecule has 0 aliphatic carbocycles. The summed E-state index contributed by atoms with van der Waals surface area (Å²) in [5.74, 6) is 1.21. The number of hydrogen-bond donors (Lipinski definition) is 1. The molecule has 17 heavy (non-hydrogen) atoms. The first kappa shape index (κ1) is 11.8. The van der Waals surface area contributed by atoms with Crippen LogP contribution >= 0.6 is 0 Å². The Morgan fingerprint density at radius 3 is 2.41 bits per heavy atom. The highest BCUT2D eigenvalue weighted by molar-refractivity contribution is 5.62. The van der Waals surface area contributed by atoms with E-state index in [4.69, 9.17) is 4.42 Å². The van der Waals surface area contributed by atoms with Crippen LogP contribution in [0.3, 0.4) is 0 Å². The Hall–Kier alpha value is -1.68. The van der Waals surface area contributed by atoms with Crippen LogP contribution in [0.5, 0.6) is 0 Å². The molecule has 0 saturated carbocycles. The Bertz CT molecular complexity index is 499. The molecule has 0 radical (unpaired) electrons. The zero-order chi connectivity index (χ0) is 12.4. The number of rotatable bonds is 3. The fourth-order valence-electron chi connectivity index (χ4n) is 1.79. The highest BCUT2D eigenvalue weighted by atomic mass is 16.4. The molecular formula is C13H17N3O. The summed E-state index contributed by atoms with van der Waals surface area (Å²) in [6.45, 7) is 6.09. The molecule has 1 unspecified atom stereocenters. The van der Waals surface area contributed by atoms with E-state index in [-0.39, 0.29) is 6.04 Å². The van der Waals surface area contributed by atoms with E-state index >= 15 is 0 Å². The van der Waals surface area contributed by atoms with Gasteiger partial charge in [-0.15, -0.1) is 10.2 Å². The van der Waals surface area contributed by atoms with E-state index in [0.717, 1.165) is 16.7 Å². The van der Waals surface area contributed by atoms with Crippen molar-refractivity contribution >= 4 is 0 Å². The molecule has 0 saturated heterocycles. The van der Waals surface area contributed by atoms with Crippen LogP contribution in [-0.2, 0) is 0 Å². The van der Waals surface area contributed by atoms with Gasteiger partial charge in [0.1, 0.15) is 0 Å². The highest BCUT2D eigenvalue weighted by Crippen LogP contribution is 2.26. The third kappa shape index (κ3) is 2.22. The molecule has 0 aliphatic heterocycles. The van der Waals surface area contributed by atoms with E-state index in [1.54, 1.807) is 0 Å². The monoisotopic (exact) mass is 231 g/mol. The molecular weight excluding hydrogens is 214 g/mol. The maximum Gasteiger partial charge on any atom is 0.248 e. The van der Waals surface area contributed by atoms with Crippen LogP contribution in [0.4, 0.5) is 0 Å². The SMILES string of the molecule is CNC(C)c1nnc(-c2c(C)cccc2C)o1. The van der Waals surface area contributed by atoms with Crippen molar-refractivity contribution in [1.29, 1.82) is 0 Å². The fraction of sp³-hybridized carbons (Fsp3) is 0.385. The second kappa shape index (κ2) is 4.67. The van der Waals surface area contributed by atoms with Crippen LogP contribution in [0, 0.1) is 13.8 Å². The van der Waals surface area contributed by atoms with Crippen molar-refractivity contribution in [1.82, 2.24) is 15.5 Å². The van der Waals surface area contributed by atoms with Crippen LogP contribution in [0.1, 0.15) is 30.0 Å². The first-order valence-corrected chi connectivity index (χ1v) is 5.70. The van der Waals surface area contributed by atoms with Crippen molar-refractivity contribution in [3.8, 4) is 11.5 Å². The summed E-state index contributed by atoms with van der Waals surface area (Å²) in [5, 5.41) is 11.3. The molecule has 2 rings (SSSR count). The van der Waals surface area contributed by atoms with Crippen molar-refractivity contribution in [2.45, 2.75) is 26.8 Å². The van der Waals surface area contributed by atoms with Crippen molar-refractivity contribution in [3.63, 3.8) is 0 Å². The Labute approximate surface area is 101 Å². The molecule has 4 nitrogen and oxygen atoms in total. The third-order valence-corrected chi connectivity index (χ3v) is 2.94. The second-order valence-electron chi connectivity index (χ2n) is 4.22. The number of benzene rings is 1. The minimum atomic E-state index is 0.0700. The van der Waals surface area contributed by atoms with E-state index in [2.05, 4.69) is 15.5 Å². The first-order valence-electron chi connectivity index (χ1n) is 5.70. The van der Waals surface area contributed by atoms with Gasteiger partial charge in [0.15, 0.2) is 0 Å². The van der Waals surface area contributed by atoms with Gasteiger partial charge in [0.2, 0.25) is 11.8 Å². The van der Waals surface area contributed by atoms with Gasteiger partial charge in [-0.05, 0) is 38.9 Å². The van der Waals surface area contributed by atoms with Crippen LogP contribution in [0.15, 0.2) is 22.6 Å².